The predicted octanol–water partition coefficient (Wildman–Crippen LogP) is 2.39. The summed E-state index contributed by atoms with van der Waals surface area (Å²) in [6, 6.07) is 8.92. The number of esters is 1. The first-order chi connectivity index (χ1) is 10.1. The number of carbonyl (C=O) groups is 2. The number of carbonyl (C=O) groups excluding carboxylic acids is 2. The number of fused-ring (bicyclic) bond motifs is 1. The van der Waals surface area contributed by atoms with E-state index >= 15 is 0 Å². The molecule has 0 N–H and O–H groups in total. The van der Waals surface area contributed by atoms with E-state index in [0.717, 1.165) is 0 Å². The minimum Gasteiger partial charge on any atom is -0.459 e. The van der Waals surface area contributed by atoms with E-state index < -0.39 is 5.97 Å². The molecule has 0 aliphatic carbocycles. The maximum Gasteiger partial charge on any atom is 0.343 e. The first kappa shape index (κ1) is 13.9. The van der Waals surface area contributed by atoms with Crippen LogP contribution >= 0.6 is 11.8 Å². The highest BCUT2D eigenvalue weighted by Gasteiger charge is 2.33. The molecule has 21 heavy (non-hydrogen) atoms. The van der Waals surface area contributed by atoms with Crippen LogP contribution in [0.4, 0.5) is 0 Å². The van der Waals surface area contributed by atoms with Gasteiger partial charge in [0.2, 0.25) is 0 Å². The molecule has 1 aliphatic rings. The van der Waals surface area contributed by atoms with Gasteiger partial charge < -0.3 is 4.74 Å². The van der Waals surface area contributed by atoms with Gasteiger partial charge in [-0.25, -0.2) is 4.79 Å². The van der Waals surface area contributed by atoms with Gasteiger partial charge in [0.05, 0.1) is 5.69 Å². The van der Waals surface area contributed by atoms with Gasteiger partial charge in [-0.05, 0) is 25.3 Å². The van der Waals surface area contributed by atoms with Gasteiger partial charge in [0.15, 0.2) is 0 Å². The zero-order valence-corrected chi connectivity index (χ0v) is 12.5. The number of nitrogens with zero attached hydrogens (tertiary/aromatic N) is 2. The highest BCUT2D eigenvalue weighted by Crippen LogP contribution is 2.29. The summed E-state index contributed by atoms with van der Waals surface area (Å²) in [5.41, 5.74) is 1.60. The van der Waals surface area contributed by atoms with E-state index in [2.05, 4.69) is 5.10 Å². The third-order valence-corrected chi connectivity index (χ3v) is 4.02. The summed E-state index contributed by atoms with van der Waals surface area (Å²) < 4.78 is 6.58. The first-order valence-electron chi connectivity index (χ1n) is 6.58. The van der Waals surface area contributed by atoms with Gasteiger partial charge in [-0.1, -0.05) is 18.2 Å². The molecule has 3 rings (SSSR count). The summed E-state index contributed by atoms with van der Waals surface area (Å²) in [5, 5.41) is 4.83. The number of ether oxygens (including phenoxy) is 1. The van der Waals surface area contributed by atoms with Crippen molar-refractivity contribution in [1.82, 2.24) is 9.78 Å². The van der Waals surface area contributed by atoms with Crippen LogP contribution in [0.3, 0.4) is 0 Å². The van der Waals surface area contributed by atoms with Gasteiger partial charge in [0.1, 0.15) is 16.7 Å². The lowest BCUT2D eigenvalue weighted by Gasteiger charge is -2.19. The van der Waals surface area contributed by atoms with Crippen molar-refractivity contribution in [2.75, 3.05) is 6.26 Å². The zero-order valence-electron chi connectivity index (χ0n) is 11.7. The van der Waals surface area contributed by atoms with Crippen molar-refractivity contribution in [3.05, 3.63) is 47.2 Å². The zero-order chi connectivity index (χ0) is 15.0. The van der Waals surface area contributed by atoms with Gasteiger partial charge in [-0.2, -0.15) is 9.78 Å². The van der Waals surface area contributed by atoms with Crippen molar-refractivity contribution in [3.8, 4) is 0 Å². The molecule has 0 bridgehead atoms. The Bertz CT molecular complexity index is 709. The average Bonchev–Trinajstić information content (AvgIpc) is 2.86. The highest BCUT2D eigenvalue weighted by atomic mass is 32.2. The number of hydrogen-bond acceptors (Lipinski definition) is 5. The largest absolute Gasteiger partial charge is 0.459 e. The minimum atomic E-state index is -0.403. The third kappa shape index (κ3) is 2.35. The monoisotopic (exact) mass is 302 g/mol. The molecule has 6 heteroatoms. The Labute approximate surface area is 126 Å². The fourth-order valence-corrected chi connectivity index (χ4v) is 2.96. The minimum absolute atomic E-state index is 0.228. The molecular formula is C15H14N2O3S. The number of hydrogen-bond donors (Lipinski definition) is 0. The van der Waals surface area contributed by atoms with Crippen molar-refractivity contribution < 1.29 is 14.3 Å². The maximum absolute atomic E-state index is 12.6. The van der Waals surface area contributed by atoms with Crippen molar-refractivity contribution >= 4 is 23.6 Å². The molecule has 2 aromatic rings. The molecule has 0 saturated heterocycles. The Morgan fingerprint density at radius 2 is 2.10 bits per heavy atom. The SMILES string of the molecule is CSc1nn(C(=O)c2ccccc2)c2c1C(=O)O[C@H](C)C2. The molecule has 1 aromatic heterocycles. The van der Waals surface area contributed by atoms with E-state index in [1.807, 2.05) is 19.2 Å². The smallest absolute Gasteiger partial charge is 0.343 e. The van der Waals surface area contributed by atoms with Crippen LogP contribution in [0.1, 0.15) is 33.3 Å². The maximum atomic E-state index is 12.6. The van der Waals surface area contributed by atoms with Gasteiger partial charge in [0, 0.05) is 12.0 Å². The number of aromatic nitrogens is 2. The van der Waals surface area contributed by atoms with Crippen LogP contribution in [0.2, 0.25) is 0 Å². The van der Waals surface area contributed by atoms with E-state index in [4.69, 9.17) is 4.74 Å². The van der Waals surface area contributed by atoms with Crippen LogP contribution in [0.25, 0.3) is 0 Å². The van der Waals surface area contributed by atoms with E-state index in [1.54, 1.807) is 24.3 Å². The van der Waals surface area contributed by atoms with Crippen LogP contribution in [0, 0.1) is 0 Å². The molecular weight excluding hydrogens is 288 g/mol. The fourth-order valence-electron chi connectivity index (χ4n) is 2.39. The van der Waals surface area contributed by atoms with Crippen molar-refractivity contribution in [3.63, 3.8) is 0 Å². The van der Waals surface area contributed by atoms with Crippen LogP contribution in [0.15, 0.2) is 35.4 Å². The number of cyclic esters (lactones) is 1. The number of rotatable bonds is 2. The van der Waals surface area contributed by atoms with Gasteiger partial charge in [-0.3, -0.25) is 4.79 Å². The second-order valence-electron chi connectivity index (χ2n) is 4.83. The highest BCUT2D eigenvalue weighted by molar-refractivity contribution is 7.98. The molecule has 5 nitrogen and oxygen atoms in total. The predicted molar refractivity (Wildman–Crippen MR) is 78.8 cm³/mol. The summed E-state index contributed by atoms with van der Waals surface area (Å²) in [4.78, 5) is 24.6. The molecule has 2 heterocycles. The molecule has 108 valence electrons. The lowest BCUT2D eigenvalue weighted by molar-refractivity contribution is 0.0292. The molecule has 0 saturated carbocycles. The lowest BCUT2D eigenvalue weighted by atomic mass is 10.1. The van der Waals surface area contributed by atoms with Crippen molar-refractivity contribution in [2.45, 2.75) is 24.5 Å². The van der Waals surface area contributed by atoms with Crippen LogP contribution in [-0.2, 0) is 11.2 Å². The van der Waals surface area contributed by atoms with Crippen LogP contribution in [0.5, 0.6) is 0 Å². The van der Waals surface area contributed by atoms with E-state index in [9.17, 15) is 9.59 Å². The Kier molecular flexibility index (Phi) is 3.55. The van der Waals surface area contributed by atoms with Crippen molar-refractivity contribution in [1.29, 1.82) is 0 Å². The molecule has 1 atom stereocenters. The summed E-state index contributed by atoms with van der Waals surface area (Å²) >= 11 is 1.34. The molecule has 1 aliphatic heterocycles. The topological polar surface area (TPSA) is 61.2 Å². The van der Waals surface area contributed by atoms with Crippen molar-refractivity contribution in [2.24, 2.45) is 0 Å². The summed E-state index contributed by atoms with van der Waals surface area (Å²) in [7, 11) is 0. The second-order valence-corrected chi connectivity index (χ2v) is 5.63. The standard InChI is InChI=1S/C15H14N2O3S/c1-9-8-11-12(15(19)20-9)13(21-2)16-17(11)14(18)10-6-4-3-5-7-10/h3-7,9H,8H2,1-2H3/t9-/m1/s1. The van der Waals surface area contributed by atoms with Crippen LogP contribution < -0.4 is 0 Å². The normalized spacial score (nSPS) is 17.2. The quantitative estimate of drug-likeness (QED) is 0.629. The summed E-state index contributed by atoms with van der Waals surface area (Å²) in [6.45, 7) is 1.81. The Hall–Kier alpha value is -2.08. The Balaban J connectivity index is 2.12. The molecule has 1 aromatic carbocycles. The first-order valence-corrected chi connectivity index (χ1v) is 7.81. The third-order valence-electron chi connectivity index (χ3n) is 3.35. The van der Waals surface area contributed by atoms with Gasteiger partial charge in [0.25, 0.3) is 5.91 Å². The fraction of sp³-hybridized carbons (Fsp3) is 0.267. The average molecular weight is 302 g/mol. The molecule has 0 spiro atoms. The lowest BCUT2D eigenvalue weighted by Crippen LogP contribution is -2.28. The van der Waals surface area contributed by atoms with E-state index in [-0.39, 0.29) is 12.0 Å². The molecule has 0 fully saturated rings. The number of benzene rings is 1. The van der Waals surface area contributed by atoms with Crippen LogP contribution in [-0.4, -0.2) is 34.0 Å². The Morgan fingerprint density at radius 3 is 2.76 bits per heavy atom. The van der Waals surface area contributed by atoms with E-state index in [1.165, 1.54) is 16.4 Å². The molecule has 0 radical (unpaired) electrons. The second kappa shape index (κ2) is 5.37. The number of thioether (sulfide) groups is 1. The summed E-state index contributed by atoms with van der Waals surface area (Å²) in [5.74, 6) is -0.630. The molecule has 0 amide bonds. The Morgan fingerprint density at radius 1 is 1.38 bits per heavy atom. The summed E-state index contributed by atoms with van der Waals surface area (Å²) in [6.07, 6.45) is 2.07. The van der Waals surface area contributed by atoms with E-state index in [0.29, 0.717) is 28.3 Å². The van der Waals surface area contributed by atoms with Gasteiger partial charge in [-0.15, -0.1) is 11.8 Å². The molecule has 0 unspecified atom stereocenters. The van der Waals surface area contributed by atoms with Gasteiger partial charge >= 0.3 is 5.97 Å².